The summed E-state index contributed by atoms with van der Waals surface area (Å²) in [5, 5.41) is 2.81. The maximum Gasteiger partial charge on any atom is 0.123 e. The van der Waals surface area contributed by atoms with Gasteiger partial charge in [-0.05, 0) is 45.9 Å². The predicted octanol–water partition coefficient (Wildman–Crippen LogP) is 3.54. The van der Waals surface area contributed by atoms with Gasteiger partial charge in [0.1, 0.15) is 5.82 Å². The van der Waals surface area contributed by atoms with E-state index < -0.39 is 0 Å². The molecule has 2 rings (SSSR count). The van der Waals surface area contributed by atoms with Crippen LogP contribution in [-0.4, -0.2) is 4.98 Å². The number of aryl methyl sites for hydroxylation is 1. The normalized spacial score (nSPS) is 10.8. The third kappa shape index (κ3) is 1.47. The van der Waals surface area contributed by atoms with Crippen molar-refractivity contribution in [1.29, 1.82) is 0 Å². The van der Waals surface area contributed by atoms with Gasteiger partial charge in [-0.3, -0.25) is 0 Å². The molecule has 0 amide bonds. The standard InChI is InChI=1S/C10H8BrClN2/c1-5-7-4-14-9(13)3-6(7)2-8(11)10(5)12/h2-4H,1H3,(H2,13,14). The highest BCUT2D eigenvalue weighted by Gasteiger charge is 2.06. The maximum atomic E-state index is 6.09. The highest BCUT2D eigenvalue weighted by Crippen LogP contribution is 2.32. The van der Waals surface area contributed by atoms with Crippen LogP contribution in [0.2, 0.25) is 5.02 Å². The molecule has 72 valence electrons. The summed E-state index contributed by atoms with van der Waals surface area (Å²) < 4.78 is 0.884. The van der Waals surface area contributed by atoms with Crippen molar-refractivity contribution in [3.63, 3.8) is 0 Å². The third-order valence-electron chi connectivity index (χ3n) is 2.18. The van der Waals surface area contributed by atoms with Crippen LogP contribution in [0.15, 0.2) is 22.8 Å². The topological polar surface area (TPSA) is 38.9 Å². The lowest BCUT2D eigenvalue weighted by molar-refractivity contribution is 1.35. The molecule has 0 spiro atoms. The number of hydrogen-bond acceptors (Lipinski definition) is 2. The number of nitrogens with zero attached hydrogens (tertiary/aromatic N) is 1. The molecule has 0 saturated heterocycles. The molecule has 0 aliphatic rings. The first-order valence-corrected chi connectivity index (χ1v) is 5.26. The van der Waals surface area contributed by atoms with E-state index in [4.69, 9.17) is 17.3 Å². The number of hydrogen-bond donors (Lipinski definition) is 1. The summed E-state index contributed by atoms with van der Waals surface area (Å²) in [4.78, 5) is 4.04. The zero-order valence-electron chi connectivity index (χ0n) is 7.51. The first-order valence-electron chi connectivity index (χ1n) is 4.09. The summed E-state index contributed by atoms with van der Waals surface area (Å²) in [5.74, 6) is 0.520. The fraction of sp³-hybridized carbons (Fsp3) is 0.100. The van der Waals surface area contributed by atoms with Crippen LogP contribution >= 0.6 is 27.5 Å². The molecule has 2 N–H and O–H groups in total. The van der Waals surface area contributed by atoms with Gasteiger partial charge in [0.2, 0.25) is 0 Å². The molecular weight excluding hydrogens is 263 g/mol. The number of nitrogens with two attached hydrogens (primary N) is 1. The molecule has 1 aromatic heterocycles. The molecule has 0 bridgehead atoms. The van der Waals surface area contributed by atoms with Crippen LogP contribution in [0.1, 0.15) is 5.56 Å². The van der Waals surface area contributed by atoms with E-state index in [2.05, 4.69) is 20.9 Å². The van der Waals surface area contributed by atoms with E-state index in [0.29, 0.717) is 5.82 Å². The van der Waals surface area contributed by atoms with Crippen LogP contribution in [0.4, 0.5) is 5.82 Å². The fourth-order valence-corrected chi connectivity index (χ4v) is 2.12. The second-order valence-electron chi connectivity index (χ2n) is 3.13. The lowest BCUT2D eigenvalue weighted by atomic mass is 10.1. The lowest BCUT2D eigenvalue weighted by Crippen LogP contribution is -1.90. The third-order valence-corrected chi connectivity index (χ3v) is 3.52. The van der Waals surface area contributed by atoms with Crippen molar-refractivity contribution in [2.45, 2.75) is 6.92 Å². The van der Waals surface area contributed by atoms with E-state index in [1.807, 2.05) is 19.1 Å². The van der Waals surface area contributed by atoms with E-state index in [1.165, 1.54) is 0 Å². The Balaban J connectivity index is 2.91. The van der Waals surface area contributed by atoms with E-state index in [-0.39, 0.29) is 0 Å². The number of anilines is 1. The Morgan fingerprint density at radius 2 is 2.14 bits per heavy atom. The minimum Gasteiger partial charge on any atom is -0.384 e. The smallest absolute Gasteiger partial charge is 0.123 e. The summed E-state index contributed by atoms with van der Waals surface area (Å²) in [6.45, 7) is 1.97. The molecular formula is C10H8BrClN2. The number of benzene rings is 1. The van der Waals surface area contributed by atoms with Crippen molar-refractivity contribution >= 4 is 44.1 Å². The summed E-state index contributed by atoms with van der Waals surface area (Å²) in [6, 6.07) is 3.78. The monoisotopic (exact) mass is 270 g/mol. The molecule has 1 heterocycles. The molecule has 0 radical (unpaired) electrons. The maximum absolute atomic E-state index is 6.09. The molecule has 0 aliphatic heterocycles. The quantitative estimate of drug-likeness (QED) is 0.796. The molecule has 0 fully saturated rings. The van der Waals surface area contributed by atoms with Gasteiger partial charge in [-0.15, -0.1) is 0 Å². The van der Waals surface area contributed by atoms with Crippen molar-refractivity contribution in [3.8, 4) is 0 Å². The Hall–Kier alpha value is -0.800. The van der Waals surface area contributed by atoms with Gasteiger partial charge in [0.15, 0.2) is 0 Å². The van der Waals surface area contributed by atoms with Crippen LogP contribution in [0.25, 0.3) is 10.8 Å². The zero-order chi connectivity index (χ0) is 10.3. The number of halogens is 2. The van der Waals surface area contributed by atoms with Gasteiger partial charge in [0.25, 0.3) is 0 Å². The molecule has 0 saturated carbocycles. The van der Waals surface area contributed by atoms with Crippen molar-refractivity contribution in [3.05, 3.63) is 33.4 Å². The van der Waals surface area contributed by atoms with Crippen LogP contribution in [-0.2, 0) is 0 Å². The van der Waals surface area contributed by atoms with Crippen LogP contribution in [0, 0.1) is 6.92 Å². The zero-order valence-corrected chi connectivity index (χ0v) is 9.85. The van der Waals surface area contributed by atoms with Crippen LogP contribution in [0.3, 0.4) is 0 Å². The van der Waals surface area contributed by atoms with Gasteiger partial charge >= 0.3 is 0 Å². The van der Waals surface area contributed by atoms with E-state index >= 15 is 0 Å². The van der Waals surface area contributed by atoms with E-state index in [9.17, 15) is 0 Å². The first-order chi connectivity index (χ1) is 6.59. The summed E-state index contributed by atoms with van der Waals surface area (Å²) in [7, 11) is 0. The number of fused-ring (bicyclic) bond motifs is 1. The van der Waals surface area contributed by atoms with Gasteiger partial charge in [0.05, 0.1) is 5.02 Å². The van der Waals surface area contributed by atoms with Crippen molar-refractivity contribution in [1.82, 2.24) is 4.98 Å². The van der Waals surface area contributed by atoms with Crippen LogP contribution in [0.5, 0.6) is 0 Å². The number of aromatic nitrogens is 1. The molecule has 14 heavy (non-hydrogen) atoms. The molecule has 0 unspecified atom stereocenters. The Kier molecular flexibility index (Phi) is 2.37. The Labute approximate surface area is 95.2 Å². The number of nitrogen functional groups attached to an aromatic ring is 1. The molecule has 0 atom stereocenters. The van der Waals surface area contributed by atoms with E-state index in [0.717, 1.165) is 25.8 Å². The van der Waals surface area contributed by atoms with Crippen molar-refractivity contribution < 1.29 is 0 Å². The van der Waals surface area contributed by atoms with Gasteiger partial charge < -0.3 is 5.73 Å². The van der Waals surface area contributed by atoms with Crippen molar-refractivity contribution in [2.75, 3.05) is 5.73 Å². The average molecular weight is 272 g/mol. The predicted molar refractivity (Wildman–Crippen MR) is 63.6 cm³/mol. The highest BCUT2D eigenvalue weighted by atomic mass is 79.9. The molecule has 0 aliphatic carbocycles. The average Bonchev–Trinajstić information content (AvgIpc) is 2.14. The van der Waals surface area contributed by atoms with Crippen molar-refractivity contribution in [2.24, 2.45) is 0 Å². The Bertz CT molecular complexity index is 511. The molecule has 1 aromatic carbocycles. The Morgan fingerprint density at radius 1 is 1.43 bits per heavy atom. The lowest BCUT2D eigenvalue weighted by Gasteiger charge is -2.06. The number of rotatable bonds is 0. The molecule has 2 aromatic rings. The van der Waals surface area contributed by atoms with Gasteiger partial charge in [-0.1, -0.05) is 11.6 Å². The number of pyridine rings is 1. The second kappa shape index (κ2) is 3.41. The fourth-order valence-electron chi connectivity index (χ4n) is 1.42. The molecule has 2 nitrogen and oxygen atoms in total. The van der Waals surface area contributed by atoms with Gasteiger partial charge in [0, 0.05) is 16.1 Å². The van der Waals surface area contributed by atoms with E-state index in [1.54, 1.807) is 6.20 Å². The highest BCUT2D eigenvalue weighted by molar-refractivity contribution is 9.10. The SMILES string of the molecule is Cc1c(Cl)c(Br)cc2cc(N)ncc12. The molecule has 4 heteroatoms. The summed E-state index contributed by atoms with van der Waals surface area (Å²) in [6.07, 6.45) is 1.75. The first kappa shape index (κ1) is 9.74. The minimum absolute atomic E-state index is 0.520. The summed E-state index contributed by atoms with van der Waals surface area (Å²) in [5.41, 5.74) is 6.62. The largest absolute Gasteiger partial charge is 0.384 e. The van der Waals surface area contributed by atoms with Gasteiger partial charge in [-0.25, -0.2) is 4.98 Å². The second-order valence-corrected chi connectivity index (χ2v) is 4.36. The van der Waals surface area contributed by atoms with Crippen LogP contribution < -0.4 is 5.73 Å². The van der Waals surface area contributed by atoms with Gasteiger partial charge in [-0.2, -0.15) is 0 Å². The summed E-state index contributed by atoms with van der Waals surface area (Å²) >= 11 is 9.49. The Morgan fingerprint density at radius 3 is 2.86 bits per heavy atom. The minimum atomic E-state index is 0.520.